The summed E-state index contributed by atoms with van der Waals surface area (Å²) >= 11 is 0. The van der Waals surface area contributed by atoms with Crippen molar-refractivity contribution in [3.05, 3.63) is 18.2 Å². The number of benzene rings is 1. The van der Waals surface area contributed by atoms with Crippen LogP contribution >= 0.6 is 0 Å². The fourth-order valence-corrected chi connectivity index (χ4v) is 1.78. The van der Waals surface area contributed by atoms with E-state index < -0.39 is 0 Å². The lowest BCUT2D eigenvalue weighted by Crippen LogP contribution is -2.09. The van der Waals surface area contributed by atoms with Crippen LogP contribution in [0.4, 0.5) is 11.8 Å². The van der Waals surface area contributed by atoms with Crippen molar-refractivity contribution >= 4 is 36.0 Å². The molecular weight excluding hydrogens is 211 g/mol. The maximum atomic E-state index is 5.70. The van der Waals surface area contributed by atoms with E-state index in [2.05, 4.69) is 36.1 Å². The van der Waals surface area contributed by atoms with Gasteiger partial charge in [0.2, 0.25) is 5.95 Å². The van der Waals surface area contributed by atoms with Crippen LogP contribution in [-0.4, -0.2) is 24.4 Å². The van der Waals surface area contributed by atoms with Crippen molar-refractivity contribution in [2.75, 3.05) is 17.6 Å². The zero-order chi connectivity index (χ0) is 12.3. The maximum absolute atomic E-state index is 5.70. The van der Waals surface area contributed by atoms with Gasteiger partial charge in [0.05, 0.1) is 5.52 Å². The molecule has 1 aromatic heterocycles. The number of nitrogen functional groups attached to an aromatic ring is 1. The Hall–Kier alpha value is -1.78. The molecule has 3 N–H and O–H groups in total. The lowest BCUT2D eigenvalue weighted by Gasteiger charge is -2.09. The highest BCUT2D eigenvalue weighted by Gasteiger charge is 2.05. The Morgan fingerprint density at radius 1 is 1.35 bits per heavy atom. The van der Waals surface area contributed by atoms with E-state index in [1.54, 1.807) is 0 Å². The summed E-state index contributed by atoms with van der Waals surface area (Å²) in [6.45, 7) is 3.08. The van der Waals surface area contributed by atoms with Gasteiger partial charge in [0.1, 0.15) is 13.7 Å². The smallest absolute Gasteiger partial charge is 0.222 e. The van der Waals surface area contributed by atoms with Crippen molar-refractivity contribution in [3.63, 3.8) is 0 Å². The highest BCUT2D eigenvalue weighted by molar-refractivity contribution is 6.33. The molecule has 0 saturated carbocycles. The van der Waals surface area contributed by atoms with Crippen molar-refractivity contribution in [1.82, 2.24) is 9.97 Å². The summed E-state index contributed by atoms with van der Waals surface area (Å²) in [5, 5.41) is 4.36. The zero-order valence-corrected chi connectivity index (χ0v) is 10.3. The van der Waals surface area contributed by atoms with Crippen molar-refractivity contribution in [3.8, 4) is 0 Å². The van der Waals surface area contributed by atoms with E-state index in [-0.39, 0.29) is 0 Å². The normalized spacial score (nSPS) is 10.6. The Kier molecular flexibility index (Phi) is 3.47. The van der Waals surface area contributed by atoms with Gasteiger partial charge in [-0.05, 0) is 12.5 Å². The quantitative estimate of drug-likeness (QED) is 0.596. The summed E-state index contributed by atoms with van der Waals surface area (Å²) in [4.78, 5) is 8.50. The molecule has 0 saturated heterocycles. The van der Waals surface area contributed by atoms with Gasteiger partial charge < -0.3 is 11.1 Å². The average molecular weight is 228 g/mol. The van der Waals surface area contributed by atoms with E-state index in [1.165, 1.54) is 5.46 Å². The van der Waals surface area contributed by atoms with Crippen molar-refractivity contribution in [2.45, 2.75) is 19.8 Å². The molecule has 0 amide bonds. The standard InChI is InChI=1S/C12H17BN4/c1-2-3-6-15-11-9-7-8(13)4-5-10(9)16-12(14)17-11/h4-5,7H,2-3,6,13H2,1H3,(H3,14,15,16,17). The summed E-state index contributed by atoms with van der Waals surface area (Å²) in [6, 6.07) is 6.10. The topological polar surface area (TPSA) is 63.8 Å². The first-order valence-corrected chi connectivity index (χ1v) is 5.98. The molecule has 2 rings (SSSR count). The van der Waals surface area contributed by atoms with Crippen LogP contribution in [0.15, 0.2) is 18.2 Å². The number of anilines is 2. The molecule has 5 heteroatoms. The number of nitrogens with one attached hydrogen (secondary N) is 1. The minimum atomic E-state index is 0.320. The Morgan fingerprint density at radius 3 is 2.94 bits per heavy atom. The predicted octanol–water partition coefficient (Wildman–Crippen LogP) is 0.682. The minimum absolute atomic E-state index is 0.320. The van der Waals surface area contributed by atoms with Gasteiger partial charge in [-0.15, -0.1) is 0 Å². The van der Waals surface area contributed by atoms with Gasteiger partial charge >= 0.3 is 0 Å². The second kappa shape index (κ2) is 5.04. The van der Waals surface area contributed by atoms with E-state index in [4.69, 9.17) is 5.73 Å². The zero-order valence-electron chi connectivity index (χ0n) is 10.3. The van der Waals surface area contributed by atoms with Crippen LogP contribution in [0.1, 0.15) is 19.8 Å². The molecule has 0 aliphatic heterocycles. The molecule has 0 aliphatic carbocycles. The van der Waals surface area contributed by atoms with Crippen LogP contribution in [0, 0.1) is 0 Å². The molecule has 1 heterocycles. The van der Waals surface area contributed by atoms with Crippen LogP contribution < -0.4 is 16.5 Å². The third kappa shape index (κ3) is 2.67. The van der Waals surface area contributed by atoms with E-state index in [9.17, 15) is 0 Å². The van der Waals surface area contributed by atoms with Gasteiger partial charge in [0, 0.05) is 11.9 Å². The van der Waals surface area contributed by atoms with Crippen LogP contribution in [0.5, 0.6) is 0 Å². The van der Waals surface area contributed by atoms with Crippen LogP contribution in [0.25, 0.3) is 10.9 Å². The number of unbranched alkanes of at least 4 members (excludes halogenated alkanes) is 1. The molecule has 0 aliphatic rings. The average Bonchev–Trinajstić information content (AvgIpc) is 2.30. The fraction of sp³-hybridized carbons (Fsp3) is 0.333. The molecule has 0 bridgehead atoms. The molecular formula is C12H17BN4. The van der Waals surface area contributed by atoms with Gasteiger partial charge in [0.25, 0.3) is 0 Å². The molecule has 17 heavy (non-hydrogen) atoms. The number of nitrogens with two attached hydrogens (primary N) is 1. The SMILES string of the molecule is Bc1ccc2nc(N)nc(NCCCC)c2c1. The predicted molar refractivity (Wildman–Crippen MR) is 75.5 cm³/mol. The fourth-order valence-electron chi connectivity index (χ4n) is 1.78. The largest absolute Gasteiger partial charge is 0.369 e. The lowest BCUT2D eigenvalue weighted by atomic mass is 9.95. The summed E-state index contributed by atoms with van der Waals surface area (Å²) in [6.07, 6.45) is 2.28. The highest BCUT2D eigenvalue weighted by atomic mass is 15.1. The molecule has 0 fully saturated rings. The minimum Gasteiger partial charge on any atom is -0.369 e. The third-order valence-corrected chi connectivity index (χ3v) is 2.69. The second-order valence-corrected chi connectivity index (χ2v) is 4.23. The number of rotatable bonds is 4. The number of nitrogens with zero attached hydrogens (tertiary/aromatic N) is 2. The van der Waals surface area contributed by atoms with E-state index in [0.29, 0.717) is 5.95 Å². The first-order chi connectivity index (χ1) is 8.20. The van der Waals surface area contributed by atoms with E-state index in [0.717, 1.165) is 36.1 Å². The Morgan fingerprint density at radius 2 is 2.18 bits per heavy atom. The third-order valence-electron chi connectivity index (χ3n) is 2.69. The van der Waals surface area contributed by atoms with Crippen molar-refractivity contribution in [1.29, 1.82) is 0 Å². The van der Waals surface area contributed by atoms with Crippen LogP contribution in [-0.2, 0) is 0 Å². The Labute approximate surface area is 102 Å². The second-order valence-electron chi connectivity index (χ2n) is 4.23. The monoisotopic (exact) mass is 228 g/mol. The molecule has 4 nitrogen and oxygen atoms in total. The van der Waals surface area contributed by atoms with Gasteiger partial charge in [-0.25, -0.2) is 4.98 Å². The van der Waals surface area contributed by atoms with Gasteiger partial charge in [-0.1, -0.05) is 30.9 Å². The first kappa shape index (κ1) is 11.7. The Bertz CT molecular complexity index is 527. The number of hydrogen-bond acceptors (Lipinski definition) is 4. The first-order valence-electron chi connectivity index (χ1n) is 5.98. The summed E-state index contributed by atoms with van der Waals surface area (Å²) < 4.78 is 0. The van der Waals surface area contributed by atoms with Gasteiger partial charge in [-0.2, -0.15) is 4.98 Å². The molecule has 0 unspecified atom stereocenters. The molecule has 1 aromatic carbocycles. The summed E-state index contributed by atoms with van der Waals surface area (Å²) in [5.41, 5.74) is 7.79. The van der Waals surface area contributed by atoms with Gasteiger partial charge in [0.15, 0.2) is 0 Å². The van der Waals surface area contributed by atoms with Crippen molar-refractivity contribution in [2.24, 2.45) is 0 Å². The molecule has 0 radical (unpaired) electrons. The van der Waals surface area contributed by atoms with Gasteiger partial charge in [-0.3, -0.25) is 0 Å². The molecule has 0 atom stereocenters. The summed E-state index contributed by atoms with van der Waals surface area (Å²) in [5.74, 6) is 1.16. The lowest BCUT2D eigenvalue weighted by molar-refractivity contribution is 0.832. The molecule has 88 valence electrons. The number of aromatic nitrogens is 2. The van der Waals surface area contributed by atoms with E-state index in [1.807, 2.05) is 12.1 Å². The Balaban J connectivity index is 2.40. The van der Waals surface area contributed by atoms with Crippen LogP contribution in [0.2, 0.25) is 0 Å². The summed E-state index contributed by atoms with van der Waals surface area (Å²) in [7, 11) is 2.06. The molecule has 0 spiro atoms. The van der Waals surface area contributed by atoms with Crippen LogP contribution in [0.3, 0.4) is 0 Å². The highest BCUT2D eigenvalue weighted by Crippen LogP contribution is 2.19. The van der Waals surface area contributed by atoms with Crippen molar-refractivity contribution < 1.29 is 0 Å². The number of hydrogen-bond donors (Lipinski definition) is 2. The molecule has 2 aromatic rings. The number of fused-ring (bicyclic) bond motifs is 1. The maximum Gasteiger partial charge on any atom is 0.222 e. The van der Waals surface area contributed by atoms with E-state index >= 15 is 0 Å².